The summed E-state index contributed by atoms with van der Waals surface area (Å²) in [6.45, 7) is 6.36. The van der Waals surface area contributed by atoms with E-state index < -0.39 is 0 Å². The molecule has 0 radical (unpaired) electrons. The molecule has 0 spiro atoms. The summed E-state index contributed by atoms with van der Waals surface area (Å²) in [5.74, 6) is -0.768. The van der Waals surface area contributed by atoms with E-state index in [1.807, 2.05) is 5.38 Å². The van der Waals surface area contributed by atoms with Gasteiger partial charge in [0.25, 0.3) is 0 Å². The van der Waals surface area contributed by atoms with E-state index in [4.69, 9.17) is 0 Å². The lowest BCUT2D eigenvalue weighted by molar-refractivity contribution is -0.140. The fraction of sp³-hybridized carbons (Fsp3) is 0.478. The largest absolute Gasteiger partial charge is 0.302 e. The number of aryl methyl sites for hydroxylation is 3. The van der Waals surface area contributed by atoms with Gasteiger partial charge in [-0.15, -0.1) is 11.3 Å². The minimum atomic E-state index is -0.233. The van der Waals surface area contributed by atoms with E-state index in [2.05, 4.69) is 43.2 Å². The second kappa shape index (κ2) is 8.30. The molecule has 7 heteroatoms. The third-order valence-corrected chi connectivity index (χ3v) is 7.12. The lowest BCUT2D eigenvalue weighted by atomic mass is 9.81. The zero-order chi connectivity index (χ0) is 21.4. The average molecular weight is 426 g/mol. The lowest BCUT2D eigenvalue weighted by Gasteiger charge is -2.19. The maximum atomic E-state index is 12.5. The van der Waals surface area contributed by atoms with Gasteiger partial charge >= 0.3 is 0 Å². The molecule has 1 aliphatic carbocycles. The molecule has 0 unspecified atom stereocenters. The van der Waals surface area contributed by atoms with Crippen molar-refractivity contribution in [1.82, 2.24) is 9.88 Å². The average Bonchev–Trinajstić information content (AvgIpc) is 3.27. The van der Waals surface area contributed by atoms with Crippen LogP contribution in [0.25, 0.3) is 11.3 Å². The molecule has 2 atom stereocenters. The molecule has 0 bridgehead atoms. The summed E-state index contributed by atoms with van der Waals surface area (Å²) in [6, 6.07) is 4.26. The van der Waals surface area contributed by atoms with E-state index in [0.29, 0.717) is 5.13 Å². The van der Waals surface area contributed by atoms with Crippen molar-refractivity contribution in [2.24, 2.45) is 11.8 Å². The summed E-state index contributed by atoms with van der Waals surface area (Å²) in [4.78, 5) is 43.3. The van der Waals surface area contributed by atoms with Crippen molar-refractivity contribution in [3.8, 4) is 11.3 Å². The second-order valence-corrected chi connectivity index (χ2v) is 9.27. The van der Waals surface area contributed by atoms with E-state index >= 15 is 0 Å². The fourth-order valence-corrected chi connectivity index (χ4v) is 5.26. The smallest absolute Gasteiger partial charge is 0.233 e. The van der Waals surface area contributed by atoms with Crippen LogP contribution in [0.4, 0.5) is 5.13 Å². The highest BCUT2D eigenvalue weighted by Crippen LogP contribution is 2.38. The number of carbonyl (C=O) groups excluding carboxylic acids is 3. The Morgan fingerprint density at radius 1 is 1.07 bits per heavy atom. The van der Waals surface area contributed by atoms with E-state index in [-0.39, 0.29) is 42.5 Å². The molecule has 1 aromatic heterocycles. The van der Waals surface area contributed by atoms with Crippen molar-refractivity contribution >= 4 is 34.2 Å². The Kier molecular flexibility index (Phi) is 5.73. The van der Waals surface area contributed by atoms with E-state index in [1.54, 1.807) is 0 Å². The van der Waals surface area contributed by atoms with Gasteiger partial charge in [0.15, 0.2) is 5.13 Å². The van der Waals surface area contributed by atoms with Crippen LogP contribution < -0.4 is 5.32 Å². The van der Waals surface area contributed by atoms with Crippen molar-refractivity contribution in [2.75, 3.05) is 11.9 Å². The summed E-state index contributed by atoms with van der Waals surface area (Å²) >= 11 is 1.38. The summed E-state index contributed by atoms with van der Waals surface area (Å²) in [5.41, 5.74) is 5.49. The van der Waals surface area contributed by atoms with Gasteiger partial charge in [-0.2, -0.15) is 0 Å². The standard InChI is InChI=1S/C23H27N3O3S/c1-13-10-15(3)18(11-14(13)2)19-12-30-23(24-19)25-20(27)8-9-26-21(28)16-6-4-5-7-17(16)22(26)29/h10-12,16-17H,4-9H2,1-3H3,(H,24,25,27)/t16-,17-/m0/s1. The van der Waals surface area contributed by atoms with Crippen molar-refractivity contribution < 1.29 is 14.4 Å². The van der Waals surface area contributed by atoms with Gasteiger partial charge in [-0.05, 0) is 56.4 Å². The molecule has 1 saturated heterocycles. The topological polar surface area (TPSA) is 79.4 Å². The van der Waals surface area contributed by atoms with Crippen LogP contribution in [0.3, 0.4) is 0 Å². The van der Waals surface area contributed by atoms with Gasteiger partial charge in [-0.3, -0.25) is 19.3 Å². The number of hydrogen-bond acceptors (Lipinski definition) is 5. The number of benzene rings is 1. The van der Waals surface area contributed by atoms with E-state index in [0.717, 1.165) is 42.5 Å². The first-order valence-corrected chi connectivity index (χ1v) is 11.4. The normalized spacial score (nSPS) is 21.1. The third-order valence-electron chi connectivity index (χ3n) is 6.36. The Labute approximate surface area is 180 Å². The van der Waals surface area contributed by atoms with Crippen LogP contribution >= 0.6 is 11.3 Å². The maximum Gasteiger partial charge on any atom is 0.233 e. The highest BCUT2D eigenvalue weighted by atomic mass is 32.1. The first-order valence-electron chi connectivity index (χ1n) is 10.5. The molecule has 1 aliphatic heterocycles. The maximum absolute atomic E-state index is 12.5. The third kappa shape index (κ3) is 3.90. The number of hydrogen-bond donors (Lipinski definition) is 1. The van der Waals surface area contributed by atoms with Crippen LogP contribution in [0, 0.1) is 32.6 Å². The Hall–Kier alpha value is -2.54. The molecule has 1 aromatic carbocycles. The van der Waals surface area contributed by atoms with Crippen LogP contribution in [0.1, 0.15) is 48.8 Å². The van der Waals surface area contributed by atoms with Crippen LogP contribution in [0.15, 0.2) is 17.5 Å². The Bertz CT molecular complexity index is 989. The van der Waals surface area contributed by atoms with Gasteiger partial charge in [-0.25, -0.2) is 4.98 Å². The molecule has 3 amide bonds. The molecular formula is C23H27N3O3S. The molecule has 1 N–H and O–H groups in total. The van der Waals surface area contributed by atoms with Gasteiger partial charge in [0.2, 0.25) is 17.7 Å². The number of fused-ring (bicyclic) bond motifs is 1. The number of rotatable bonds is 5. The zero-order valence-electron chi connectivity index (χ0n) is 17.7. The van der Waals surface area contributed by atoms with Crippen molar-refractivity contribution in [3.63, 3.8) is 0 Å². The molecule has 2 aromatic rings. The molecule has 2 fully saturated rings. The van der Waals surface area contributed by atoms with E-state index in [9.17, 15) is 14.4 Å². The Morgan fingerprint density at radius 3 is 2.37 bits per heavy atom. The molecule has 2 aliphatic rings. The highest BCUT2D eigenvalue weighted by molar-refractivity contribution is 7.14. The monoisotopic (exact) mass is 425 g/mol. The van der Waals surface area contributed by atoms with Crippen molar-refractivity contribution in [3.05, 3.63) is 34.2 Å². The molecule has 1 saturated carbocycles. The number of nitrogens with one attached hydrogen (secondary N) is 1. The first-order chi connectivity index (χ1) is 14.3. The Morgan fingerprint density at radius 2 is 1.70 bits per heavy atom. The molecule has 158 valence electrons. The zero-order valence-corrected chi connectivity index (χ0v) is 18.5. The number of imide groups is 1. The summed E-state index contributed by atoms with van der Waals surface area (Å²) < 4.78 is 0. The van der Waals surface area contributed by atoms with Crippen molar-refractivity contribution in [2.45, 2.75) is 52.9 Å². The van der Waals surface area contributed by atoms with Crippen molar-refractivity contribution in [1.29, 1.82) is 0 Å². The van der Waals surface area contributed by atoms with Gasteiger partial charge in [-0.1, -0.05) is 18.9 Å². The number of aromatic nitrogens is 1. The summed E-state index contributed by atoms with van der Waals surface area (Å²) in [5, 5.41) is 5.28. The minimum Gasteiger partial charge on any atom is -0.302 e. The number of thiazole rings is 1. The number of likely N-dealkylation sites (tertiary alicyclic amines) is 1. The van der Waals surface area contributed by atoms with Gasteiger partial charge < -0.3 is 5.32 Å². The predicted octanol–water partition coefficient (Wildman–Crippen LogP) is 4.24. The SMILES string of the molecule is Cc1cc(C)c(-c2csc(NC(=O)CCN3C(=O)[C@H]4CCCC[C@@H]4C3=O)n2)cc1C. The van der Waals surface area contributed by atoms with Gasteiger partial charge in [0.1, 0.15) is 0 Å². The number of carbonyl (C=O) groups is 3. The molecule has 4 rings (SSSR count). The second-order valence-electron chi connectivity index (χ2n) is 8.41. The molecule has 6 nitrogen and oxygen atoms in total. The minimum absolute atomic E-state index is 0.0918. The quantitative estimate of drug-likeness (QED) is 0.727. The lowest BCUT2D eigenvalue weighted by Crippen LogP contribution is -2.34. The highest BCUT2D eigenvalue weighted by Gasteiger charge is 2.47. The molecule has 2 heterocycles. The van der Waals surface area contributed by atoms with E-state index in [1.165, 1.54) is 27.4 Å². The van der Waals surface area contributed by atoms with Crippen LogP contribution in [0.2, 0.25) is 0 Å². The summed E-state index contributed by atoms with van der Waals surface area (Å²) in [7, 11) is 0. The number of amides is 3. The molecular weight excluding hydrogens is 398 g/mol. The molecule has 30 heavy (non-hydrogen) atoms. The van der Waals surface area contributed by atoms with Gasteiger partial charge in [0, 0.05) is 23.9 Å². The first kappa shape index (κ1) is 20.7. The number of anilines is 1. The van der Waals surface area contributed by atoms with Crippen LogP contribution in [-0.2, 0) is 14.4 Å². The summed E-state index contributed by atoms with van der Waals surface area (Å²) in [6.07, 6.45) is 3.67. The predicted molar refractivity (Wildman–Crippen MR) is 117 cm³/mol. The van der Waals surface area contributed by atoms with Crippen LogP contribution in [0.5, 0.6) is 0 Å². The van der Waals surface area contributed by atoms with Gasteiger partial charge in [0.05, 0.1) is 17.5 Å². The Balaban J connectivity index is 1.37. The van der Waals surface area contributed by atoms with Crippen LogP contribution in [-0.4, -0.2) is 34.2 Å². The fourth-order valence-electron chi connectivity index (χ4n) is 4.54. The number of nitrogens with zero attached hydrogens (tertiary/aromatic N) is 2.